The van der Waals surface area contributed by atoms with Crippen molar-refractivity contribution >= 4 is 28.0 Å². The maximum atomic E-state index is 14.6. The van der Waals surface area contributed by atoms with Crippen LogP contribution in [0.25, 0.3) is 0 Å². The summed E-state index contributed by atoms with van der Waals surface area (Å²) in [6.07, 6.45) is -12.9. The van der Waals surface area contributed by atoms with E-state index in [9.17, 15) is 26.7 Å². The third-order valence-corrected chi connectivity index (χ3v) is 3.64. The maximum absolute atomic E-state index is 14.6. The molecule has 132 valence electrons. The van der Waals surface area contributed by atoms with Gasteiger partial charge in [0, 0.05) is 0 Å². The lowest BCUT2D eigenvalue weighted by molar-refractivity contribution is -0.228. The number of nitrogens with zero attached hydrogens (tertiary/aromatic N) is 2. The summed E-state index contributed by atoms with van der Waals surface area (Å²) in [5, 5.41) is 10.1. The smallest absolute Gasteiger partial charge is 0.428 e. The molecule has 1 aromatic heterocycles. The zero-order chi connectivity index (χ0) is 18.3. The summed E-state index contributed by atoms with van der Waals surface area (Å²) in [4.78, 5) is 17.7. The molecule has 6 nitrogen and oxygen atoms in total. The van der Waals surface area contributed by atoms with Crippen molar-refractivity contribution in [1.82, 2.24) is 10.3 Å². The first kappa shape index (κ1) is 18.4. The molecular weight excluding hydrogens is 409 g/mol. The van der Waals surface area contributed by atoms with Crippen LogP contribution in [0.3, 0.4) is 0 Å². The van der Waals surface area contributed by atoms with E-state index >= 15 is 0 Å². The lowest BCUT2D eigenvalue weighted by atomic mass is 9.87. The number of pyridine rings is 1. The first-order valence-electron chi connectivity index (χ1n) is 6.25. The predicted octanol–water partition coefficient (Wildman–Crippen LogP) is 3.12. The number of rotatable bonds is 1. The Hall–Kier alpha value is -1.98. The van der Waals surface area contributed by atoms with Crippen LogP contribution >= 0.6 is 15.9 Å². The molecule has 24 heavy (non-hydrogen) atoms. The minimum atomic E-state index is -5.19. The van der Waals surface area contributed by atoms with E-state index in [1.54, 1.807) is 0 Å². The van der Waals surface area contributed by atoms with Crippen LogP contribution in [0.4, 0.5) is 26.7 Å². The Morgan fingerprint density at radius 3 is 2.62 bits per heavy atom. The highest BCUT2D eigenvalue weighted by Gasteiger charge is 2.59. The Balaban J connectivity index is 2.62. The average molecular weight is 418 g/mol. The Morgan fingerprint density at radius 2 is 2.08 bits per heavy atom. The highest BCUT2D eigenvalue weighted by atomic mass is 79.9. The van der Waals surface area contributed by atoms with Gasteiger partial charge in [-0.15, -0.1) is 0 Å². The first-order valence-corrected chi connectivity index (χ1v) is 7.04. The SMILES string of the molecule is C[C@]1(c2nc(Br)ccc2F)N=C(NC(=O)O)O[C@@H](C(F)(F)F)[C@@H]1F. The van der Waals surface area contributed by atoms with Gasteiger partial charge in [0.15, 0.2) is 6.17 Å². The molecule has 2 heterocycles. The molecule has 1 aliphatic heterocycles. The molecule has 2 rings (SSSR count). The van der Waals surface area contributed by atoms with Gasteiger partial charge in [-0.3, -0.25) is 0 Å². The summed E-state index contributed by atoms with van der Waals surface area (Å²) in [6.45, 7) is 0.861. The average Bonchev–Trinajstić information content (AvgIpc) is 2.43. The minimum absolute atomic E-state index is 0.0327. The number of aromatic nitrogens is 1. The molecule has 12 heteroatoms. The van der Waals surface area contributed by atoms with Crippen LogP contribution in [0.2, 0.25) is 0 Å². The molecule has 2 N–H and O–H groups in total. The Bertz CT molecular complexity index is 699. The van der Waals surface area contributed by atoms with E-state index in [-0.39, 0.29) is 4.60 Å². The van der Waals surface area contributed by atoms with Crippen molar-refractivity contribution in [1.29, 1.82) is 0 Å². The number of amidine groups is 1. The van der Waals surface area contributed by atoms with Crippen molar-refractivity contribution in [2.75, 3.05) is 0 Å². The molecule has 0 radical (unpaired) electrons. The van der Waals surface area contributed by atoms with Gasteiger partial charge in [-0.25, -0.2) is 28.9 Å². The quantitative estimate of drug-likeness (QED) is 0.543. The minimum Gasteiger partial charge on any atom is -0.465 e. The third-order valence-electron chi connectivity index (χ3n) is 3.20. The number of aliphatic imine (C=N–C) groups is 1. The van der Waals surface area contributed by atoms with Crippen LogP contribution in [-0.4, -0.2) is 40.7 Å². The number of nitrogens with one attached hydrogen (secondary N) is 1. The third kappa shape index (κ3) is 3.42. The number of halogens is 6. The van der Waals surface area contributed by atoms with Gasteiger partial charge < -0.3 is 9.84 Å². The van der Waals surface area contributed by atoms with Crippen molar-refractivity contribution in [2.45, 2.75) is 30.9 Å². The molecule has 0 aliphatic carbocycles. The summed E-state index contributed by atoms with van der Waals surface area (Å²) < 4.78 is 71.9. The van der Waals surface area contributed by atoms with Gasteiger partial charge in [0.25, 0.3) is 6.02 Å². The van der Waals surface area contributed by atoms with Crippen molar-refractivity contribution in [3.63, 3.8) is 0 Å². The second-order valence-corrected chi connectivity index (χ2v) is 5.75. The fraction of sp³-hybridized carbons (Fsp3) is 0.417. The summed E-state index contributed by atoms with van der Waals surface area (Å²) >= 11 is 2.91. The zero-order valence-electron chi connectivity index (χ0n) is 11.7. The molecule has 0 saturated carbocycles. The molecular formula is C12H9BrF5N3O3. The lowest BCUT2D eigenvalue weighted by Gasteiger charge is -2.38. The molecule has 1 aliphatic rings. The molecule has 0 saturated heterocycles. The molecule has 1 aromatic rings. The summed E-state index contributed by atoms with van der Waals surface area (Å²) in [7, 11) is 0. The van der Waals surface area contributed by atoms with Gasteiger partial charge in [-0.1, -0.05) is 0 Å². The van der Waals surface area contributed by atoms with Crippen LogP contribution in [0.5, 0.6) is 0 Å². The van der Waals surface area contributed by atoms with Crippen molar-refractivity contribution in [3.05, 3.63) is 28.2 Å². The van der Waals surface area contributed by atoms with Gasteiger partial charge in [0.05, 0.1) is 0 Å². The standard InChI is InChI=1S/C12H9BrF5N3O3/c1-11(7-4(14)2-3-5(13)19-7)6(15)8(12(16,17)18)24-9(21-11)20-10(22)23/h2-3,6,8H,1H3,(H,20,21)(H,22,23)/t6-,8+,11-/m0/s1. The predicted molar refractivity (Wildman–Crippen MR) is 73.7 cm³/mol. The fourth-order valence-corrected chi connectivity index (χ4v) is 2.42. The molecule has 0 aromatic carbocycles. The number of ether oxygens (including phenoxy) is 1. The number of carboxylic acid groups (broad SMARTS) is 1. The van der Waals surface area contributed by atoms with Crippen LogP contribution < -0.4 is 5.32 Å². The lowest BCUT2D eigenvalue weighted by Crippen LogP contribution is -2.56. The zero-order valence-corrected chi connectivity index (χ0v) is 13.3. The van der Waals surface area contributed by atoms with E-state index in [2.05, 4.69) is 30.6 Å². The second kappa shape index (κ2) is 6.15. The topological polar surface area (TPSA) is 83.8 Å². The van der Waals surface area contributed by atoms with Crippen molar-refractivity contribution < 1.29 is 36.6 Å². The van der Waals surface area contributed by atoms with Crippen LogP contribution in [0.1, 0.15) is 12.6 Å². The van der Waals surface area contributed by atoms with Gasteiger partial charge in [0.1, 0.15) is 21.7 Å². The van der Waals surface area contributed by atoms with Crippen LogP contribution in [-0.2, 0) is 10.3 Å². The molecule has 0 bridgehead atoms. The number of amides is 1. The van der Waals surface area contributed by atoms with Crippen molar-refractivity contribution in [3.8, 4) is 0 Å². The summed E-state index contributed by atoms with van der Waals surface area (Å²) in [5.41, 5.74) is -3.20. The van der Waals surface area contributed by atoms with E-state index in [0.717, 1.165) is 19.1 Å². The monoisotopic (exact) mass is 417 g/mol. The summed E-state index contributed by atoms with van der Waals surface area (Å²) in [6, 6.07) is 0.917. The Morgan fingerprint density at radius 1 is 1.46 bits per heavy atom. The van der Waals surface area contributed by atoms with E-state index in [4.69, 9.17) is 5.11 Å². The fourth-order valence-electron chi connectivity index (χ4n) is 2.11. The first-order chi connectivity index (χ1) is 10.9. The molecule has 3 atom stereocenters. The second-order valence-electron chi connectivity index (χ2n) is 4.94. The van der Waals surface area contributed by atoms with E-state index < -0.39 is 47.6 Å². The van der Waals surface area contributed by atoms with Gasteiger partial charge in [0.2, 0.25) is 6.10 Å². The molecule has 1 amide bonds. The van der Waals surface area contributed by atoms with Crippen molar-refractivity contribution in [2.24, 2.45) is 4.99 Å². The number of hydrogen-bond acceptors (Lipinski definition) is 4. The number of carbonyl (C=O) groups is 1. The van der Waals surface area contributed by atoms with Gasteiger partial charge in [-0.2, -0.15) is 13.2 Å². The molecule has 0 spiro atoms. The highest BCUT2D eigenvalue weighted by Crippen LogP contribution is 2.42. The van der Waals surface area contributed by atoms with Crippen LogP contribution in [0, 0.1) is 5.82 Å². The summed E-state index contributed by atoms with van der Waals surface area (Å²) in [5.74, 6) is -1.11. The van der Waals surface area contributed by atoms with Crippen LogP contribution in [0.15, 0.2) is 21.7 Å². The van der Waals surface area contributed by atoms with E-state index in [1.807, 2.05) is 0 Å². The normalized spacial score (nSPS) is 27.2. The van der Waals surface area contributed by atoms with E-state index in [0.29, 0.717) is 0 Å². The number of hydrogen-bond donors (Lipinski definition) is 2. The molecule has 0 unspecified atom stereocenters. The number of alkyl halides is 4. The highest BCUT2D eigenvalue weighted by molar-refractivity contribution is 9.10. The Kier molecular flexibility index (Phi) is 4.70. The van der Waals surface area contributed by atoms with E-state index in [1.165, 1.54) is 5.32 Å². The maximum Gasteiger partial charge on any atom is 0.428 e. The molecule has 0 fully saturated rings. The van der Waals surface area contributed by atoms with Gasteiger partial charge in [-0.05, 0) is 35.0 Å². The largest absolute Gasteiger partial charge is 0.465 e. The Labute approximate surface area is 139 Å². The van der Waals surface area contributed by atoms with Gasteiger partial charge >= 0.3 is 12.3 Å².